The minimum Gasteiger partial charge on any atom is -0.495 e. The van der Waals surface area contributed by atoms with Crippen LogP contribution < -0.4 is 10.1 Å². The minimum absolute atomic E-state index is 0.599. The number of halogens is 2. The molecule has 0 spiro atoms. The first-order valence-electron chi connectivity index (χ1n) is 5.86. The highest BCUT2D eigenvalue weighted by atomic mass is 79.9. The van der Waals surface area contributed by atoms with Crippen LogP contribution in [0, 0.1) is 18.3 Å². The summed E-state index contributed by atoms with van der Waals surface area (Å²) in [6.07, 6.45) is 0. The highest BCUT2D eigenvalue weighted by molar-refractivity contribution is 9.10. The predicted molar refractivity (Wildman–Crippen MR) is 84.9 cm³/mol. The lowest BCUT2D eigenvalue weighted by Gasteiger charge is -2.14. The smallest absolute Gasteiger partial charge is 0.143 e. The predicted octanol–water partition coefficient (Wildman–Crippen LogP) is 5.03. The van der Waals surface area contributed by atoms with Crippen molar-refractivity contribution in [3.8, 4) is 11.8 Å². The number of nitriles is 1. The maximum absolute atomic E-state index is 8.87. The third-order valence-electron chi connectivity index (χ3n) is 2.85. The molecule has 0 unspecified atom stereocenters. The third kappa shape index (κ3) is 3.06. The lowest BCUT2D eigenvalue weighted by Crippen LogP contribution is -1.97. The zero-order valence-electron chi connectivity index (χ0n) is 11.0. The number of nitrogens with one attached hydrogen (secondary N) is 1. The Bertz CT molecular complexity index is 695. The second-order valence-corrected chi connectivity index (χ2v) is 5.49. The van der Waals surface area contributed by atoms with Crippen molar-refractivity contribution in [3.63, 3.8) is 0 Å². The van der Waals surface area contributed by atoms with Gasteiger partial charge in [-0.1, -0.05) is 11.6 Å². The second-order valence-electron chi connectivity index (χ2n) is 4.23. The molecule has 5 heteroatoms. The SMILES string of the molecule is COc1cc(Cl)c(C)cc1Nc1ccc(C#N)cc1Br. The van der Waals surface area contributed by atoms with Crippen molar-refractivity contribution in [2.24, 2.45) is 0 Å². The van der Waals surface area contributed by atoms with Crippen LogP contribution in [0.5, 0.6) is 5.75 Å². The first-order chi connectivity index (χ1) is 9.55. The van der Waals surface area contributed by atoms with Gasteiger partial charge in [0, 0.05) is 15.6 Å². The standard InChI is InChI=1S/C15H12BrClN2O/c1-9-5-14(15(20-2)7-12(9)17)19-13-4-3-10(8-18)6-11(13)16/h3-7,19H,1-2H3. The van der Waals surface area contributed by atoms with Crippen LogP contribution in [-0.2, 0) is 0 Å². The normalized spacial score (nSPS) is 9.95. The van der Waals surface area contributed by atoms with E-state index < -0.39 is 0 Å². The Hall–Kier alpha value is -1.70. The highest BCUT2D eigenvalue weighted by Gasteiger charge is 2.09. The van der Waals surface area contributed by atoms with E-state index in [9.17, 15) is 0 Å². The van der Waals surface area contributed by atoms with Crippen LogP contribution in [0.25, 0.3) is 0 Å². The molecule has 102 valence electrons. The van der Waals surface area contributed by atoms with Gasteiger partial charge in [-0.15, -0.1) is 0 Å². The number of benzene rings is 2. The van der Waals surface area contributed by atoms with E-state index in [0.717, 1.165) is 21.4 Å². The molecule has 0 radical (unpaired) electrons. The van der Waals surface area contributed by atoms with Gasteiger partial charge >= 0.3 is 0 Å². The van der Waals surface area contributed by atoms with Crippen molar-refractivity contribution < 1.29 is 4.74 Å². The molecular weight excluding hydrogens is 340 g/mol. The summed E-state index contributed by atoms with van der Waals surface area (Å²) < 4.78 is 6.13. The second kappa shape index (κ2) is 6.17. The molecule has 0 aliphatic rings. The van der Waals surface area contributed by atoms with Crippen LogP contribution in [0.1, 0.15) is 11.1 Å². The van der Waals surface area contributed by atoms with Crippen LogP contribution in [0.2, 0.25) is 5.02 Å². The molecule has 0 atom stereocenters. The van der Waals surface area contributed by atoms with E-state index in [1.165, 1.54) is 0 Å². The van der Waals surface area contributed by atoms with Gasteiger partial charge in [0.05, 0.1) is 30.1 Å². The molecule has 0 aliphatic heterocycles. The summed E-state index contributed by atoms with van der Waals surface area (Å²) in [6.45, 7) is 1.93. The van der Waals surface area contributed by atoms with Gasteiger partial charge < -0.3 is 10.1 Å². The molecule has 0 fully saturated rings. The number of methoxy groups -OCH3 is 1. The van der Waals surface area contributed by atoms with Gasteiger partial charge in [0.1, 0.15) is 5.75 Å². The zero-order chi connectivity index (χ0) is 14.7. The highest BCUT2D eigenvalue weighted by Crippen LogP contribution is 2.35. The van der Waals surface area contributed by atoms with E-state index in [1.54, 1.807) is 25.3 Å². The molecule has 3 nitrogen and oxygen atoms in total. The summed E-state index contributed by atoms with van der Waals surface area (Å²) in [6, 6.07) is 11.1. The van der Waals surface area contributed by atoms with Gasteiger partial charge in [-0.2, -0.15) is 5.26 Å². The molecule has 2 rings (SSSR count). The minimum atomic E-state index is 0.599. The number of rotatable bonds is 3. The molecule has 2 aromatic rings. The Kier molecular flexibility index (Phi) is 4.53. The fourth-order valence-electron chi connectivity index (χ4n) is 1.76. The van der Waals surface area contributed by atoms with Gasteiger partial charge in [-0.25, -0.2) is 0 Å². The number of nitrogens with zero attached hydrogens (tertiary/aromatic N) is 1. The van der Waals surface area contributed by atoms with Gasteiger partial charge in [-0.3, -0.25) is 0 Å². The maximum Gasteiger partial charge on any atom is 0.143 e. The van der Waals surface area contributed by atoms with Crippen molar-refractivity contribution >= 4 is 38.9 Å². The van der Waals surface area contributed by atoms with Crippen LogP contribution in [-0.4, -0.2) is 7.11 Å². The first-order valence-corrected chi connectivity index (χ1v) is 7.03. The van der Waals surface area contributed by atoms with E-state index in [4.69, 9.17) is 21.6 Å². The molecule has 0 aromatic heterocycles. The summed E-state index contributed by atoms with van der Waals surface area (Å²) >= 11 is 9.53. The van der Waals surface area contributed by atoms with Crippen molar-refractivity contribution in [2.45, 2.75) is 6.92 Å². The van der Waals surface area contributed by atoms with E-state index in [0.29, 0.717) is 16.3 Å². The fourth-order valence-corrected chi connectivity index (χ4v) is 2.39. The lowest BCUT2D eigenvalue weighted by molar-refractivity contribution is 0.417. The average molecular weight is 352 g/mol. The molecule has 0 heterocycles. The molecule has 0 saturated heterocycles. The average Bonchev–Trinajstić information content (AvgIpc) is 2.44. The Labute approximate surface area is 131 Å². The number of hydrogen-bond acceptors (Lipinski definition) is 3. The van der Waals surface area contributed by atoms with Crippen molar-refractivity contribution in [1.29, 1.82) is 5.26 Å². The Morgan fingerprint density at radius 3 is 2.60 bits per heavy atom. The van der Waals surface area contributed by atoms with E-state index in [1.807, 2.05) is 19.1 Å². The Balaban J connectivity index is 2.40. The number of hydrogen-bond donors (Lipinski definition) is 1. The summed E-state index contributed by atoms with van der Waals surface area (Å²) in [5.74, 6) is 0.664. The topological polar surface area (TPSA) is 45.0 Å². The Morgan fingerprint density at radius 1 is 1.25 bits per heavy atom. The zero-order valence-corrected chi connectivity index (χ0v) is 13.3. The first kappa shape index (κ1) is 14.7. The quantitative estimate of drug-likeness (QED) is 0.843. The van der Waals surface area contributed by atoms with E-state index in [-0.39, 0.29) is 0 Å². The monoisotopic (exact) mass is 350 g/mol. The van der Waals surface area contributed by atoms with Crippen LogP contribution >= 0.6 is 27.5 Å². The number of anilines is 2. The molecular formula is C15H12BrClN2O. The largest absolute Gasteiger partial charge is 0.495 e. The van der Waals surface area contributed by atoms with Crippen molar-refractivity contribution in [1.82, 2.24) is 0 Å². The summed E-state index contributed by atoms with van der Waals surface area (Å²) in [5.41, 5.74) is 3.23. The molecule has 0 amide bonds. The molecule has 0 saturated carbocycles. The van der Waals surface area contributed by atoms with Crippen molar-refractivity contribution in [3.05, 3.63) is 51.0 Å². The lowest BCUT2D eigenvalue weighted by atomic mass is 10.2. The Morgan fingerprint density at radius 2 is 2.00 bits per heavy atom. The molecule has 1 N–H and O–H groups in total. The molecule has 0 aliphatic carbocycles. The summed E-state index contributed by atoms with van der Waals surface area (Å²) in [7, 11) is 1.60. The van der Waals surface area contributed by atoms with Gasteiger partial charge in [0.25, 0.3) is 0 Å². The molecule has 0 bridgehead atoms. The molecule has 2 aromatic carbocycles. The summed E-state index contributed by atoms with van der Waals surface area (Å²) in [4.78, 5) is 0. The van der Waals surface area contributed by atoms with Gasteiger partial charge in [-0.05, 0) is 52.7 Å². The van der Waals surface area contributed by atoms with Crippen LogP contribution in [0.4, 0.5) is 11.4 Å². The van der Waals surface area contributed by atoms with Gasteiger partial charge in [0.15, 0.2) is 0 Å². The van der Waals surface area contributed by atoms with Crippen LogP contribution in [0.15, 0.2) is 34.8 Å². The van der Waals surface area contributed by atoms with E-state index >= 15 is 0 Å². The molecule has 20 heavy (non-hydrogen) atoms. The van der Waals surface area contributed by atoms with Crippen molar-refractivity contribution in [2.75, 3.05) is 12.4 Å². The van der Waals surface area contributed by atoms with E-state index in [2.05, 4.69) is 27.3 Å². The fraction of sp³-hybridized carbons (Fsp3) is 0.133. The third-order valence-corrected chi connectivity index (χ3v) is 3.91. The maximum atomic E-state index is 8.87. The number of ether oxygens (including phenoxy) is 1. The number of aryl methyl sites for hydroxylation is 1. The van der Waals surface area contributed by atoms with Crippen LogP contribution in [0.3, 0.4) is 0 Å². The van der Waals surface area contributed by atoms with Gasteiger partial charge in [0.2, 0.25) is 0 Å². The summed E-state index contributed by atoms with van der Waals surface area (Å²) in [5, 5.41) is 12.8.